The molecule has 1 atom stereocenters. The Hall–Kier alpha value is -1.03. The lowest BCUT2D eigenvalue weighted by molar-refractivity contribution is 0.409. The van der Waals surface area contributed by atoms with Crippen LogP contribution in [-0.2, 0) is 0 Å². The number of anilines is 1. The molecule has 1 unspecified atom stereocenters. The smallest absolute Gasteiger partial charge is 0.199 e. The topological polar surface area (TPSA) is 38.3 Å². The van der Waals surface area contributed by atoms with E-state index in [2.05, 4.69) is 21.8 Å². The number of methoxy groups -OCH3 is 1. The maximum atomic E-state index is 5.97. The summed E-state index contributed by atoms with van der Waals surface area (Å²) in [5, 5.41) is 0.363. The molecule has 5 heteroatoms. The Morgan fingerprint density at radius 3 is 2.75 bits per heavy atom. The maximum absolute atomic E-state index is 5.97. The van der Waals surface area contributed by atoms with E-state index in [9.17, 15) is 0 Å². The van der Waals surface area contributed by atoms with Gasteiger partial charge >= 0.3 is 0 Å². The molecule has 0 amide bonds. The Morgan fingerprint density at radius 1 is 1.50 bits per heavy atom. The van der Waals surface area contributed by atoms with Crippen molar-refractivity contribution in [2.75, 3.05) is 19.1 Å². The van der Waals surface area contributed by atoms with E-state index >= 15 is 0 Å². The highest BCUT2D eigenvalue weighted by Gasteiger charge is 2.32. The van der Waals surface area contributed by atoms with Gasteiger partial charge in [0, 0.05) is 13.1 Å². The van der Waals surface area contributed by atoms with Crippen molar-refractivity contribution < 1.29 is 4.74 Å². The van der Waals surface area contributed by atoms with E-state index in [-0.39, 0.29) is 0 Å². The van der Waals surface area contributed by atoms with Crippen molar-refractivity contribution in [3.63, 3.8) is 0 Å². The van der Waals surface area contributed by atoms with E-state index in [0.29, 0.717) is 16.9 Å². The van der Waals surface area contributed by atoms with Crippen LogP contribution in [0.15, 0.2) is 6.33 Å². The standard InChI is InChI=1S/C11H16ClN3O/c1-7(8-4-5-8)15(2)11-9(16-3)10(12)13-6-14-11/h6-8H,4-5H2,1-3H3. The molecule has 0 spiro atoms. The predicted molar refractivity (Wildman–Crippen MR) is 64.2 cm³/mol. The number of hydrogen-bond donors (Lipinski definition) is 0. The molecule has 2 rings (SSSR count). The van der Waals surface area contributed by atoms with E-state index in [1.54, 1.807) is 7.11 Å². The Balaban J connectivity index is 2.27. The summed E-state index contributed by atoms with van der Waals surface area (Å²) < 4.78 is 5.25. The summed E-state index contributed by atoms with van der Waals surface area (Å²) in [4.78, 5) is 10.3. The first kappa shape index (κ1) is 11.5. The van der Waals surface area contributed by atoms with Crippen molar-refractivity contribution in [2.24, 2.45) is 5.92 Å². The zero-order chi connectivity index (χ0) is 11.7. The minimum Gasteiger partial charge on any atom is -0.490 e. The first-order valence-electron chi connectivity index (χ1n) is 5.42. The van der Waals surface area contributed by atoms with Crippen LogP contribution in [0.5, 0.6) is 5.75 Å². The second-order valence-electron chi connectivity index (χ2n) is 4.21. The molecule has 1 aromatic rings. The Kier molecular flexibility index (Phi) is 3.19. The van der Waals surface area contributed by atoms with Crippen LogP contribution >= 0.6 is 11.6 Å². The molecule has 0 aliphatic heterocycles. The average Bonchev–Trinajstić information content (AvgIpc) is 3.10. The van der Waals surface area contributed by atoms with Crippen molar-refractivity contribution in [3.8, 4) is 5.75 Å². The molecule has 0 radical (unpaired) electrons. The number of ether oxygens (including phenoxy) is 1. The molecule has 0 bridgehead atoms. The second-order valence-corrected chi connectivity index (χ2v) is 4.57. The molecule has 16 heavy (non-hydrogen) atoms. The predicted octanol–water partition coefficient (Wildman–Crippen LogP) is 2.37. The molecule has 0 aromatic carbocycles. The van der Waals surface area contributed by atoms with Crippen LogP contribution in [0.25, 0.3) is 0 Å². The quantitative estimate of drug-likeness (QED) is 0.759. The Morgan fingerprint density at radius 2 is 2.19 bits per heavy atom. The Labute approximate surface area is 101 Å². The van der Waals surface area contributed by atoms with Crippen LogP contribution in [0.3, 0.4) is 0 Å². The Bertz CT molecular complexity index is 381. The minimum absolute atomic E-state index is 0.363. The van der Waals surface area contributed by atoms with Gasteiger partial charge in [0.1, 0.15) is 6.33 Å². The van der Waals surface area contributed by atoms with Gasteiger partial charge in [0.15, 0.2) is 16.7 Å². The highest BCUT2D eigenvalue weighted by Crippen LogP contribution is 2.39. The van der Waals surface area contributed by atoms with Crippen LogP contribution in [0.4, 0.5) is 5.82 Å². The molecule has 4 nitrogen and oxygen atoms in total. The third kappa shape index (κ3) is 2.07. The summed E-state index contributed by atoms with van der Waals surface area (Å²) in [6, 6.07) is 0.458. The molecule has 1 heterocycles. The van der Waals surface area contributed by atoms with Gasteiger partial charge in [-0.05, 0) is 25.7 Å². The second kappa shape index (κ2) is 4.45. The van der Waals surface area contributed by atoms with Crippen LogP contribution in [0, 0.1) is 5.92 Å². The molecule has 0 N–H and O–H groups in total. The fraction of sp³-hybridized carbons (Fsp3) is 0.636. The van der Waals surface area contributed by atoms with Crippen LogP contribution in [0.2, 0.25) is 5.15 Å². The van der Waals surface area contributed by atoms with E-state index < -0.39 is 0 Å². The third-order valence-corrected chi connectivity index (χ3v) is 3.46. The van der Waals surface area contributed by atoms with Gasteiger partial charge in [0.2, 0.25) is 0 Å². The fourth-order valence-corrected chi connectivity index (χ4v) is 2.06. The zero-order valence-corrected chi connectivity index (χ0v) is 10.5. The number of aromatic nitrogens is 2. The molecule has 1 aliphatic carbocycles. The van der Waals surface area contributed by atoms with Gasteiger partial charge in [0.25, 0.3) is 0 Å². The third-order valence-electron chi connectivity index (χ3n) is 3.19. The van der Waals surface area contributed by atoms with Crippen LogP contribution < -0.4 is 9.64 Å². The molecule has 1 saturated carbocycles. The first-order chi connectivity index (χ1) is 7.65. The van der Waals surface area contributed by atoms with Gasteiger partial charge in [-0.1, -0.05) is 11.6 Å². The first-order valence-corrected chi connectivity index (χ1v) is 5.80. The number of rotatable bonds is 4. The zero-order valence-electron chi connectivity index (χ0n) is 9.77. The largest absolute Gasteiger partial charge is 0.490 e. The molecule has 1 aromatic heterocycles. The van der Waals surface area contributed by atoms with Crippen LogP contribution in [-0.4, -0.2) is 30.2 Å². The van der Waals surface area contributed by atoms with Crippen molar-refractivity contribution in [2.45, 2.75) is 25.8 Å². The van der Waals surface area contributed by atoms with Gasteiger partial charge in [0.05, 0.1) is 7.11 Å². The van der Waals surface area contributed by atoms with Crippen molar-refractivity contribution in [1.82, 2.24) is 9.97 Å². The molecule has 0 saturated heterocycles. The molecule has 1 aliphatic rings. The van der Waals surface area contributed by atoms with Gasteiger partial charge in [-0.3, -0.25) is 0 Å². The summed E-state index contributed by atoms with van der Waals surface area (Å²) in [5.41, 5.74) is 0. The summed E-state index contributed by atoms with van der Waals surface area (Å²) in [6.45, 7) is 2.20. The fourth-order valence-electron chi connectivity index (χ4n) is 1.86. The van der Waals surface area contributed by atoms with Crippen molar-refractivity contribution >= 4 is 17.4 Å². The summed E-state index contributed by atoms with van der Waals surface area (Å²) >= 11 is 5.97. The molecule has 88 valence electrons. The minimum atomic E-state index is 0.363. The van der Waals surface area contributed by atoms with Crippen molar-refractivity contribution in [3.05, 3.63) is 11.5 Å². The SMILES string of the molecule is COc1c(Cl)ncnc1N(C)C(C)C1CC1. The van der Waals surface area contributed by atoms with E-state index in [1.165, 1.54) is 19.2 Å². The van der Waals surface area contributed by atoms with Crippen LogP contribution in [0.1, 0.15) is 19.8 Å². The molecule has 1 fully saturated rings. The highest BCUT2D eigenvalue weighted by molar-refractivity contribution is 6.31. The normalized spacial score (nSPS) is 17.0. The summed E-state index contributed by atoms with van der Waals surface area (Å²) in [6.07, 6.45) is 4.07. The van der Waals surface area contributed by atoms with E-state index in [0.717, 1.165) is 11.7 Å². The van der Waals surface area contributed by atoms with Gasteiger partial charge < -0.3 is 9.64 Å². The maximum Gasteiger partial charge on any atom is 0.199 e. The van der Waals surface area contributed by atoms with E-state index in [4.69, 9.17) is 16.3 Å². The summed E-state index contributed by atoms with van der Waals surface area (Å²) in [7, 11) is 3.61. The van der Waals surface area contributed by atoms with Crippen molar-refractivity contribution in [1.29, 1.82) is 0 Å². The highest BCUT2D eigenvalue weighted by atomic mass is 35.5. The number of hydrogen-bond acceptors (Lipinski definition) is 4. The lowest BCUT2D eigenvalue weighted by atomic mass is 10.2. The average molecular weight is 242 g/mol. The number of nitrogens with zero attached hydrogens (tertiary/aromatic N) is 3. The summed E-state index contributed by atoms with van der Waals surface area (Å²) in [5.74, 6) is 2.09. The van der Waals surface area contributed by atoms with Gasteiger partial charge in [-0.25, -0.2) is 9.97 Å². The van der Waals surface area contributed by atoms with Gasteiger partial charge in [-0.15, -0.1) is 0 Å². The monoisotopic (exact) mass is 241 g/mol. The lowest BCUT2D eigenvalue weighted by Gasteiger charge is -2.27. The molecular formula is C11H16ClN3O. The number of halogens is 1. The van der Waals surface area contributed by atoms with Gasteiger partial charge in [-0.2, -0.15) is 0 Å². The lowest BCUT2D eigenvalue weighted by Crippen LogP contribution is -2.31. The molecular weight excluding hydrogens is 226 g/mol. The van der Waals surface area contributed by atoms with E-state index in [1.807, 2.05) is 7.05 Å².